The van der Waals surface area contributed by atoms with Gasteiger partial charge in [0.05, 0.1) is 19.1 Å². The maximum absolute atomic E-state index is 12.7. The van der Waals surface area contributed by atoms with Gasteiger partial charge in [0.2, 0.25) is 5.91 Å². The number of ether oxygens (including phenoxy) is 1. The molecule has 6 nitrogen and oxygen atoms in total. The first-order chi connectivity index (χ1) is 13.6. The number of rotatable bonds is 7. The number of likely N-dealkylation sites (N-methyl/N-ethyl adjacent to an activating group) is 1. The van der Waals surface area contributed by atoms with Gasteiger partial charge < -0.3 is 9.64 Å². The highest BCUT2D eigenvalue weighted by molar-refractivity contribution is 5.76. The van der Waals surface area contributed by atoms with Crippen molar-refractivity contribution in [1.82, 2.24) is 14.5 Å². The summed E-state index contributed by atoms with van der Waals surface area (Å²) >= 11 is 0. The molecule has 6 heteroatoms. The minimum atomic E-state index is -0.259. The molecule has 0 N–H and O–H groups in total. The van der Waals surface area contributed by atoms with Crippen LogP contribution in [0.2, 0.25) is 0 Å². The lowest BCUT2D eigenvalue weighted by Gasteiger charge is -2.21. The maximum Gasteiger partial charge on any atom is 0.254 e. The highest BCUT2D eigenvalue weighted by Gasteiger charge is 2.14. The molecule has 0 saturated carbocycles. The van der Waals surface area contributed by atoms with Crippen LogP contribution >= 0.6 is 0 Å². The molecule has 0 unspecified atom stereocenters. The van der Waals surface area contributed by atoms with E-state index in [1.54, 1.807) is 12.0 Å². The molecular weight excluding hydrogens is 354 g/mol. The summed E-state index contributed by atoms with van der Waals surface area (Å²) in [6.07, 6.45) is 1.43. The first kappa shape index (κ1) is 19.4. The molecule has 0 spiro atoms. The third-order valence-corrected chi connectivity index (χ3v) is 4.52. The lowest BCUT2D eigenvalue weighted by atomic mass is 10.1. The molecule has 2 aromatic carbocycles. The van der Waals surface area contributed by atoms with Crippen LogP contribution in [0.15, 0.2) is 71.8 Å². The summed E-state index contributed by atoms with van der Waals surface area (Å²) in [5.41, 5.74) is 2.17. The summed E-state index contributed by atoms with van der Waals surface area (Å²) < 4.78 is 6.48. The van der Waals surface area contributed by atoms with E-state index in [0.717, 1.165) is 16.9 Å². The van der Waals surface area contributed by atoms with Gasteiger partial charge in [0.15, 0.2) is 0 Å². The van der Waals surface area contributed by atoms with E-state index >= 15 is 0 Å². The van der Waals surface area contributed by atoms with Gasteiger partial charge in [0.25, 0.3) is 5.56 Å². The molecule has 3 aromatic rings. The second kappa shape index (κ2) is 8.99. The van der Waals surface area contributed by atoms with Gasteiger partial charge in [-0.2, -0.15) is 0 Å². The van der Waals surface area contributed by atoms with Crippen molar-refractivity contribution in [2.24, 2.45) is 0 Å². The van der Waals surface area contributed by atoms with Crippen molar-refractivity contribution in [3.8, 4) is 17.0 Å². The number of carbonyl (C=O) groups excluding carboxylic acids is 1. The standard InChI is InChI=1S/C22H23N3O3/c1-3-24(14-17-7-5-4-6-8-17)22(27)15-25-16-23-20(13-21(25)26)18-9-11-19(28-2)12-10-18/h4-13,16H,3,14-15H2,1-2H3. The van der Waals surface area contributed by atoms with Crippen molar-refractivity contribution in [3.05, 3.63) is 82.9 Å². The zero-order valence-electron chi connectivity index (χ0n) is 16.0. The minimum absolute atomic E-state index is 0.0323. The van der Waals surface area contributed by atoms with E-state index in [-0.39, 0.29) is 18.0 Å². The number of hydrogen-bond acceptors (Lipinski definition) is 4. The first-order valence-electron chi connectivity index (χ1n) is 9.13. The number of hydrogen-bond donors (Lipinski definition) is 0. The Balaban J connectivity index is 1.72. The molecule has 28 heavy (non-hydrogen) atoms. The van der Waals surface area contributed by atoms with Gasteiger partial charge in [-0.25, -0.2) is 4.98 Å². The largest absolute Gasteiger partial charge is 0.497 e. The van der Waals surface area contributed by atoms with Crippen LogP contribution in [0.1, 0.15) is 12.5 Å². The Morgan fingerprint density at radius 1 is 1.11 bits per heavy atom. The quantitative estimate of drug-likeness (QED) is 0.635. The highest BCUT2D eigenvalue weighted by Crippen LogP contribution is 2.19. The van der Waals surface area contributed by atoms with E-state index in [2.05, 4.69) is 4.98 Å². The Morgan fingerprint density at radius 3 is 2.43 bits per heavy atom. The zero-order chi connectivity index (χ0) is 19.9. The van der Waals surface area contributed by atoms with Crippen LogP contribution in [0.5, 0.6) is 5.75 Å². The van der Waals surface area contributed by atoms with Crippen molar-refractivity contribution < 1.29 is 9.53 Å². The van der Waals surface area contributed by atoms with Crippen LogP contribution in [0.25, 0.3) is 11.3 Å². The fraction of sp³-hybridized carbons (Fsp3) is 0.227. The molecule has 144 valence electrons. The van der Waals surface area contributed by atoms with Crippen molar-refractivity contribution in [3.63, 3.8) is 0 Å². The van der Waals surface area contributed by atoms with E-state index in [1.807, 2.05) is 61.5 Å². The summed E-state index contributed by atoms with van der Waals surface area (Å²) in [4.78, 5) is 31.2. The van der Waals surface area contributed by atoms with Gasteiger partial charge in [-0.1, -0.05) is 30.3 Å². The van der Waals surface area contributed by atoms with Gasteiger partial charge in [-0.3, -0.25) is 14.2 Å². The average Bonchev–Trinajstić information content (AvgIpc) is 2.74. The fourth-order valence-electron chi connectivity index (χ4n) is 2.89. The Hall–Kier alpha value is -3.41. The number of methoxy groups -OCH3 is 1. The Bertz CT molecular complexity index is 982. The summed E-state index contributed by atoms with van der Waals surface area (Å²) in [5, 5.41) is 0. The molecule has 0 fully saturated rings. The van der Waals surface area contributed by atoms with E-state index in [1.165, 1.54) is 17.0 Å². The highest BCUT2D eigenvalue weighted by atomic mass is 16.5. The number of amides is 1. The van der Waals surface area contributed by atoms with Gasteiger partial charge in [0, 0.05) is 24.7 Å². The minimum Gasteiger partial charge on any atom is -0.497 e. The van der Waals surface area contributed by atoms with E-state index in [0.29, 0.717) is 18.8 Å². The summed E-state index contributed by atoms with van der Waals surface area (Å²) in [6.45, 7) is 2.98. The molecule has 3 rings (SSSR count). The monoisotopic (exact) mass is 377 g/mol. The molecule has 0 radical (unpaired) electrons. The van der Waals surface area contributed by atoms with Crippen LogP contribution in [0, 0.1) is 0 Å². The van der Waals surface area contributed by atoms with Crippen molar-refractivity contribution in [1.29, 1.82) is 0 Å². The number of aromatic nitrogens is 2. The molecular formula is C22H23N3O3. The molecule has 0 atom stereocenters. The average molecular weight is 377 g/mol. The predicted octanol–water partition coefficient (Wildman–Crippen LogP) is 2.97. The molecule has 0 aliphatic heterocycles. The van der Waals surface area contributed by atoms with Gasteiger partial charge >= 0.3 is 0 Å². The zero-order valence-corrected chi connectivity index (χ0v) is 16.0. The molecule has 0 aliphatic carbocycles. The van der Waals surface area contributed by atoms with Crippen LogP contribution in [-0.4, -0.2) is 34.0 Å². The van der Waals surface area contributed by atoms with E-state index in [9.17, 15) is 9.59 Å². The Labute approximate surface area is 164 Å². The second-order valence-corrected chi connectivity index (χ2v) is 6.36. The lowest BCUT2D eigenvalue weighted by molar-refractivity contribution is -0.132. The van der Waals surface area contributed by atoms with Gasteiger partial charge in [-0.15, -0.1) is 0 Å². The molecule has 0 aliphatic rings. The van der Waals surface area contributed by atoms with Crippen LogP contribution in [0.3, 0.4) is 0 Å². The normalized spacial score (nSPS) is 10.5. The SMILES string of the molecule is CCN(Cc1ccccc1)C(=O)Cn1cnc(-c2ccc(OC)cc2)cc1=O. The lowest BCUT2D eigenvalue weighted by Crippen LogP contribution is -2.36. The first-order valence-corrected chi connectivity index (χ1v) is 9.13. The van der Waals surface area contributed by atoms with E-state index < -0.39 is 0 Å². The van der Waals surface area contributed by atoms with Crippen molar-refractivity contribution in [2.45, 2.75) is 20.0 Å². The third-order valence-electron chi connectivity index (χ3n) is 4.52. The summed E-state index contributed by atoms with van der Waals surface area (Å²) in [7, 11) is 1.60. The summed E-state index contributed by atoms with van der Waals surface area (Å²) in [5.74, 6) is 0.619. The molecule has 0 saturated heterocycles. The van der Waals surface area contributed by atoms with Crippen LogP contribution in [0.4, 0.5) is 0 Å². The van der Waals surface area contributed by atoms with Gasteiger partial charge in [0.1, 0.15) is 12.3 Å². The fourth-order valence-corrected chi connectivity index (χ4v) is 2.89. The van der Waals surface area contributed by atoms with Crippen molar-refractivity contribution in [2.75, 3.05) is 13.7 Å². The molecule has 0 bridgehead atoms. The third kappa shape index (κ3) is 4.65. The number of benzene rings is 2. The second-order valence-electron chi connectivity index (χ2n) is 6.36. The smallest absolute Gasteiger partial charge is 0.254 e. The predicted molar refractivity (Wildman–Crippen MR) is 108 cm³/mol. The number of nitrogens with zero attached hydrogens (tertiary/aromatic N) is 3. The Morgan fingerprint density at radius 2 is 1.82 bits per heavy atom. The van der Waals surface area contributed by atoms with Crippen LogP contribution in [-0.2, 0) is 17.9 Å². The number of carbonyl (C=O) groups is 1. The topological polar surface area (TPSA) is 64.4 Å². The molecule has 1 amide bonds. The summed E-state index contributed by atoms with van der Waals surface area (Å²) in [6, 6.07) is 18.5. The maximum atomic E-state index is 12.7. The Kier molecular flexibility index (Phi) is 6.22. The van der Waals surface area contributed by atoms with Gasteiger partial charge in [-0.05, 0) is 36.8 Å². The van der Waals surface area contributed by atoms with E-state index in [4.69, 9.17) is 4.74 Å². The molecule has 1 aromatic heterocycles. The van der Waals surface area contributed by atoms with Crippen molar-refractivity contribution >= 4 is 5.91 Å². The van der Waals surface area contributed by atoms with Crippen LogP contribution < -0.4 is 10.3 Å². The molecule has 1 heterocycles.